The normalized spacial score (nSPS) is 10.3. The molecule has 2 rings (SSSR count). The van der Waals surface area contributed by atoms with Crippen molar-refractivity contribution in [2.75, 3.05) is 18.2 Å². The van der Waals surface area contributed by atoms with Gasteiger partial charge in [-0.25, -0.2) is 14.2 Å². The van der Waals surface area contributed by atoms with Crippen molar-refractivity contribution in [3.63, 3.8) is 0 Å². The molecule has 0 aliphatic rings. The van der Waals surface area contributed by atoms with Gasteiger partial charge < -0.3 is 15.8 Å². The van der Waals surface area contributed by atoms with Crippen LogP contribution in [0.25, 0.3) is 0 Å². The van der Waals surface area contributed by atoms with Crippen molar-refractivity contribution in [1.29, 1.82) is 0 Å². The van der Waals surface area contributed by atoms with Crippen molar-refractivity contribution in [1.82, 2.24) is 4.98 Å². The van der Waals surface area contributed by atoms with Gasteiger partial charge in [-0.15, -0.1) is 0 Å². The summed E-state index contributed by atoms with van der Waals surface area (Å²) < 4.78 is 18.4. The van der Waals surface area contributed by atoms with Crippen LogP contribution in [-0.4, -0.2) is 18.1 Å². The van der Waals surface area contributed by atoms with E-state index in [0.717, 1.165) is 0 Å². The molecule has 1 aromatic carbocycles. The quantitative estimate of drug-likeness (QED) is 0.826. The van der Waals surface area contributed by atoms with Gasteiger partial charge in [0.1, 0.15) is 11.6 Å². The number of hydrogen-bond donors (Lipinski definition) is 2. The molecule has 0 amide bonds. The van der Waals surface area contributed by atoms with Crippen molar-refractivity contribution < 1.29 is 13.9 Å². The lowest BCUT2D eigenvalue weighted by Gasteiger charge is -2.11. The van der Waals surface area contributed by atoms with Crippen molar-refractivity contribution >= 4 is 39.1 Å². The first kappa shape index (κ1) is 15.2. The Balaban J connectivity index is 2.36. The predicted octanol–water partition coefficient (Wildman–Crippen LogP) is 3.40. The average Bonchev–Trinajstić information content (AvgIpc) is 2.45. The third-order valence-electron chi connectivity index (χ3n) is 2.87. The second-order valence-electron chi connectivity index (χ2n) is 4.35. The highest BCUT2D eigenvalue weighted by molar-refractivity contribution is 9.10. The molecule has 2 aromatic rings. The molecule has 21 heavy (non-hydrogen) atoms. The Hall–Kier alpha value is -2.15. The van der Waals surface area contributed by atoms with E-state index in [2.05, 4.69) is 31.0 Å². The molecule has 0 spiro atoms. The Morgan fingerprint density at radius 2 is 2.14 bits per heavy atom. The number of aryl methyl sites for hydroxylation is 1. The van der Waals surface area contributed by atoms with E-state index in [1.54, 1.807) is 13.0 Å². The number of ether oxygens (including phenoxy) is 1. The van der Waals surface area contributed by atoms with Gasteiger partial charge in [0.15, 0.2) is 0 Å². The molecule has 110 valence electrons. The Bertz CT molecular complexity index is 707. The fourth-order valence-electron chi connectivity index (χ4n) is 1.74. The van der Waals surface area contributed by atoms with Gasteiger partial charge in [0.25, 0.3) is 0 Å². The monoisotopic (exact) mass is 353 g/mol. The maximum absolute atomic E-state index is 13.4. The van der Waals surface area contributed by atoms with Gasteiger partial charge in [-0.2, -0.15) is 0 Å². The summed E-state index contributed by atoms with van der Waals surface area (Å²) in [5.74, 6) is -0.486. The summed E-state index contributed by atoms with van der Waals surface area (Å²) >= 11 is 3.12. The van der Waals surface area contributed by atoms with Crippen LogP contribution in [0, 0.1) is 12.7 Å². The van der Waals surface area contributed by atoms with Crippen LogP contribution in [0.4, 0.5) is 21.6 Å². The van der Waals surface area contributed by atoms with E-state index >= 15 is 0 Å². The van der Waals surface area contributed by atoms with Crippen molar-refractivity contribution in [2.45, 2.75) is 6.92 Å². The average molecular weight is 354 g/mol. The minimum absolute atomic E-state index is 0.217. The van der Waals surface area contributed by atoms with Crippen LogP contribution in [0.3, 0.4) is 0 Å². The number of carbonyl (C=O) groups excluding carboxylic acids is 1. The fraction of sp³-hybridized carbons (Fsp3) is 0.143. The number of nitrogen functional groups attached to an aromatic ring is 1. The molecule has 0 aliphatic carbocycles. The molecule has 0 atom stereocenters. The molecule has 0 radical (unpaired) electrons. The Morgan fingerprint density at radius 3 is 2.81 bits per heavy atom. The molecule has 1 aromatic heterocycles. The van der Waals surface area contributed by atoms with E-state index in [1.807, 2.05) is 0 Å². The molecule has 0 saturated carbocycles. The molecule has 7 heteroatoms. The smallest absolute Gasteiger partial charge is 0.340 e. The van der Waals surface area contributed by atoms with Crippen LogP contribution < -0.4 is 11.1 Å². The number of nitrogens with one attached hydrogen (secondary N) is 1. The molecule has 0 aliphatic heterocycles. The van der Waals surface area contributed by atoms with E-state index < -0.39 is 5.97 Å². The molecular formula is C14H13BrFN3O2. The van der Waals surface area contributed by atoms with Gasteiger partial charge in [0.05, 0.1) is 29.0 Å². The van der Waals surface area contributed by atoms with Gasteiger partial charge in [-0.3, -0.25) is 0 Å². The Labute approximate surface area is 129 Å². The SMILES string of the molecule is COC(=O)c1cc(Nc2cc(Br)c(F)cc2C)ncc1N. The van der Waals surface area contributed by atoms with Gasteiger partial charge in [0.2, 0.25) is 0 Å². The van der Waals surface area contributed by atoms with Crippen LogP contribution in [0.5, 0.6) is 0 Å². The van der Waals surface area contributed by atoms with E-state index in [1.165, 1.54) is 25.4 Å². The number of esters is 1. The zero-order valence-electron chi connectivity index (χ0n) is 11.4. The van der Waals surface area contributed by atoms with Crippen LogP contribution >= 0.6 is 15.9 Å². The Morgan fingerprint density at radius 1 is 1.43 bits per heavy atom. The number of pyridine rings is 1. The number of aromatic nitrogens is 1. The van der Waals surface area contributed by atoms with Gasteiger partial charge in [-0.1, -0.05) is 0 Å². The predicted molar refractivity (Wildman–Crippen MR) is 82.1 cm³/mol. The number of carbonyl (C=O) groups is 1. The summed E-state index contributed by atoms with van der Waals surface area (Å²) in [6, 6.07) is 4.48. The minimum atomic E-state index is -0.546. The van der Waals surface area contributed by atoms with Crippen LogP contribution in [0.15, 0.2) is 28.9 Å². The van der Waals surface area contributed by atoms with Gasteiger partial charge in [-0.05, 0) is 46.6 Å². The third kappa shape index (κ3) is 3.30. The molecule has 1 heterocycles. The molecule has 0 unspecified atom stereocenters. The molecule has 5 nitrogen and oxygen atoms in total. The lowest BCUT2D eigenvalue weighted by Crippen LogP contribution is -2.07. The maximum atomic E-state index is 13.4. The van der Waals surface area contributed by atoms with E-state index in [9.17, 15) is 9.18 Å². The van der Waals surface area contributed by atoms with Crippen molar-refractivity contribution in [3.05, 3.63) is 45.8 Å². The first-order valence-electron chi connectivity index (χ1n) is 5.99. The largest absolute Gasteiger partial charge is 0.465 e. The second kappa shape index (κ2) is 6.09. The van der Waals surface area contributed by atoms with Crippen molar-refractivity contribution in [2.24, 2.45) is 0 Å². The fourth-order valence-corrected chi connectivity index (χ4v) is 2.08. The highest BCUT2D eigenvalue weighted by atomic mass is 79.9. The van der Waals surface area contributed by atoms with Crippen LogP contribution in [0.1, 0.15) is 15.9 Å². The number of anilines is 3. The standard InChI is InChI=1S/C14H13BrFN3O2/c1-7-3-10(16)9(15)5-12(7)19-13-4-8(14(20)21-2)11(17)6-18-13/h3-6H,17H2,1-2H3,(H,18,19). The number of nitrogens with two attached hydrogens (primary N) is 1. The summed E-state index contributed by atoms with van der Waals surface area (Å²) in [6.07, 6.45) is 1.36. The molecular weight excluding hydrogens is 341 g/mol. The van der Waals surface area contributed by atoms with Crippen LogP contribution in [-0.2, 0) is 4.74 Å². The minimum Gasteiger partial charge on any atom is -0.465 e. The summed E-state index contributed by atoms with van der Waals surface area (Å²) in [6.45, 7) is 1.76. The highest BCUT2D eigenvalue weighted by Gasteiger charge is 2.13. The molecule has 0 bridgehead atoms. The topological polar surface area (TPSA) is 77.2 Å². The van der Waals surface area contributed by atoms with Gasteiger partial charge >= 0.3 is 5.97 Å². The highest BCUT2D eigenvalue weighted by Crippen LogP contribution is 2.27. The molecule has 0 saturated heterocycles. The number of nitrogens with zero attached hydrogens (tertiary/aromatic N) is 1. The zero-order valence-corrected chi connectivity index (χ0v) is 13.0. The first-order valence-corrected chi connectivity index (χ1v) is 6.78. The van der Waals surface area contributed by atoms with Gasteiger partial charge in [0, 0.05) is 5.69 Å². The summed E-state index contributed by atoms with van der Waals surface area (Å²) in [5.41, 5.74) is 7.49. The number of rotatable bonds is 3. The lowest BCUT2D eigenvalue weighted by molar-refractivity contribution is 0.0602. The number of methoxy groups -OCH3 is 1. The third-order valence-corrected chi connectivity index (χ3v) is 3.48. The van der Waals surface area contributed by atoms with Crippen molar-refractivity contribution in [3.8, 4) is 0 Å². The van der Waals surface area contributed by atoms with E-state index in [0.29, 0.717) is 21.5 Å². The lowest BCUT2D eigenvalue weighted by atomic mass is 10.2. The summed E-state index contributed by atoms with van der Waals surface area (Å²) in [7, 11) is 1.27. The first-order chi connectivity index (χ1) is 9.92. The maximum Gasteiger partial charge on any atom is 0.340 e. The summed E-state index contributed by atoms with van der Waals surface area (Å²) in [5, 5.41) is 3.02. The zero-order chi connectivity index (χ0) is 15.6. The molecule has 3 N–H and O–H groups in total. The second-order valence-corrected chi connectivity index (χ2v) is 5.21. The number of benzene rings is 1. The Kier molecular flexibility index (Phi) is 4.42. The van der Waals surface area contributed by atoms with E-state index in [-0.39, 0.29) is 17.1 Å². The van der Waals surface area contributed by atoms with Crippen LogP contribution in [0.2, 0.25) is 0 Å². The number of halogens is 2. The summed E-state index contributed by atoms with van der Waals surface area (Å²) in [4.78, 5) is 15.7. The van der Waals surface area contributed by atoms with E-state index in [4.69, 9.17) is 5.73 Å². The molecule has 0 fully saturated rings. The number of hydrogen-bond acceptors (Lipinski definition) is 5.